The quantitative estimate of drug-likeness (QED) is 0.488. The molecule has 0 atom stereocenters. The van der Waals surface area contributed by atoms with Gasteiger partial charge < -0.3 is 9.47 Å². The van der Waals surface area contributed by atoms with E-state index in [-0.39, 0.29) is 5.97 Å². The van der Waals surface area contributed by atoms with E-state index in [0.717, 1.165) is 13.2 Å². The van der Waals surface area contributed by atoms with Gasteiger partial charge in [0.25, 0.3) is 0 Å². The molecule has 0 spiro atoms. The number of esters is 1. The van der Waals surface area contributed by atoms with Crippen LogP contribution >= 0.6 is 0 Å². The monoisotopic (exact) mass is 186 g/mol. The summed E-state index contributed by atoms with van der Waals surface area (Å²) in [5, 5.41) is 0. The molecule has 0 N–H and O–H groups in total. The van der Waals surface area contributed by atoms with Gasteiger partial charge in [-0.1, -0.05) is 6.58 Å². The van der Waals surface area contributed by atoms with Crippen LogP contribution in [0.1, 0.15) is 26.7 Å². The lowest BCUT2D eigenvalue weighted by molar-refractivity contribution is -0.138. The van der Waals surface area contributed by atoms with E-state index in [1.54, 1.807) is 13.8 Å². The van der Waals surface area contributed by atoms with E-state index in [1.807, 2.05) is 0 Å². The summed E-state index contributed by atoms with van der Waals surface area (Å²) >= 11 is 0. The first-order valence-electron chi connectivity index (χ1n) is 4.58. The van der Waals surface area contributed by atoms with Gasteiger partial charge in [0.05, 0.1) is 6.61 Å². The molecule has 3 nitrogen and oxygen atoms in total. The highest BCUT2D eigenvalue weighted by Gasteiger charge is 1.98. The van der Waals surface area contributed by atoms with Crippen LogP contribution < -0.4 is 0 Å². The Hall–Kier alpha value is -0.830. The Balaban J connectivity index is 0.000000243. The SMILES string of the molecule is C1CCOC1.C=C(C)C(=O)OCC. The Morgan fingerprint density at radius 2 is 2.00 bits per heavy atom. The van der Waals surface area contributed by atoms with Crippen LogP contribution in [-0.4, -0.2) is 25.8 Å². The molecule has 0 aromatic carbocycles. The van der Waals surface area contributed by atoms with E-state index >= 15 is 0 Å². The molecule has 1 aliphatic heterocycles. The summed E-state index contributed by atoms with van der Waals surface area (Å²) in [5.41, 5.74) is 0.451. The highest BCUT2D eigenvalue weighted by Crippen LogP contribution is 1.98. The van der Waals surface area contributed by atoms with Crippen molar-refractivity contribution in [2.45, 2.75) is 26.7 Å². The van der Waals surface area contributed by atoms with Gasteiger partial charge in [0.2, 0.25) is 0 Å². The van der Waals surface area contributed by atoms with Crippen molar-refractivity contribution in [1.82, 2.24) is 0 Å². The van der Waals surface area contributed by atoms with Crippen molar-refractivity contribution in [1.29, 1.82) is 0 Å². The van der Waals surface area contributed by atoms with Crippen LogP contribution in [0.3, 0.4) is 0 Å². The summed E-state index contributed by atoms with van der Waals surface area (Å²) in [6, 6.07) is 0. The maximum Gasteiger partial charge on any atom is 0.333 e. The van der Waals surface area contributed by atoms with E-state index < -0.39 is 0 Å². The second-order valence-corrected chi connectivity index (χ2v) is 2.82. The van der Waals surface area contributed by atoms with Crippen LogP contribution in [0.4, 0.5) is 0 Å². The second-order valence-electron chi connectivity index (χ2n) is 2.82. The fraction of sp³-hybridized carbons (Fsp3) is 0.700. The molecule has 3 heteroatoms. The maximum absolute atomic E-state index is 10.4. The molecule has 0 amide bonds. The third kappa shape index (κ3) is 7.53. The van der Waals surface area contributed by atoms with Crippen molar-refractivity contribution in [3.05, 3.63) is 12.2 Å². The molecular formula is C10H18O3. The van der Waals surface area contributed by atoms with E-state index in [1.165, 1.54) is 12.8 Å². The summed E-state index contributed by atoms with van der Waals surface area (Å²) in [6.07, 6.45) is 2.56. The number of carbonyl (C=O) groups excluding carboxylic acids is 1. The van der Waals surface area contributed by atoms with Crippen molar-refractivity contribution in [2.75, 3.05) is 19.8 Å². The van der Waals surface area contributed by atoms with Gasteiger partial charge in [-0.05, 0) is 26.7 Å². The highest BCUT2D eigenvalue weighted by atomic mass is 16.5. The molecule has 0 radical (unpaired) electrons. The summed E-state index contributed by atoms with van der Waals surface area (Å²) in [7, 11) is 0. The van der Waals surface area contributed by atoms with E-state index in [0.29, 0.717) is 12.2 Å². The van der Waals surface area contributed by atoms with E-state index in [2.05, 4.69) is 11.3 Å². The van der Waals surface area contributed by atoms with Gasteiger partial charge in [0.1, 0.15) is 0 Å². The molecule has 1 rings (SSSR count). The molecule has 0 bridgehead atoms. The Bertz CT molecular complexity index is 152. The van der Waals surface area contributed by atoms with Crippen molar-refractivity contribution in [3.63, 3.8) is 0 Å². The van der Waals surface area contributed by atoms with Crippen LogP contribution in [0, 0.1) is 0 Å². The molecule has 0 saturated carbocycles. The summed E-state index contributed by atoms with van der Waals surface area (Å²) in [5.74, 6) is -0.312. The summed E-state index contributed by atoms with van der Waals surface area (Å²) in [4.78, 5) is 10.4. The Morgan fingerprint density at radius 3 is 2.15 bits per heavy atom. The van der Waals surface area contributed by atoms with Gasteiger partial charge in [-0.25, -0.2) is 4.79 Å². The average molecular weight is 186 g/mol. The minimum absolute atomic E-state index is 0.312. The number of hydrogen-bond acceptors (Lipinski definition) is 3. The topological polar surface area (TPSA) is 35.5 Å². The van der Waals surface area contributed by atoms with Crippen molar-refractivity contribution >= 4 is 5.97 Å². The molecule has 1 fully saturated rings. The summed E-state index contributed by atoms with van der Waals surface area (Å²) < 4.78 is 9.51. The summed E-state index contributed by atoms with van der Waals surface area (Å²) in [6.45, 7) is 9.21. The standard InChI is InChI=1S/C6H10O2.C4H8O/c1-4-8-6(7)5(2)3;1-2-4-5-3-1/h2,4H2,1,3H3;1-4H2. The molecular weight excluding hydrogens is 168 g/mol. The zero-order valence-electron chi connectivity index (χ0n) is 8.47. The molecule has 1 aliphatic rings. The average Bonchev–Trinajstić information content (AvgIpc) is 2.61. The third-order valence-corrected chi connectivity index (χ3v) is 1.45. The molecule has 0 aromatic rings. The smallest absolute Gasteiger partial charge is 0.333 e. The minimum atomic E-state index is -0.312. The molecule has 0 unspecified atom stereocenters. The Morgan fingerprint density at radius 1 is 1.46 bits per heavy atom. The van der Waals surface area contributed by atoms with Crippen LogP contribution in [0.25, 0.3) is 0 Å². The number of ether oxygens (including phenoxy) is 2. The molecule has 76 valence electrons. The molecule has 1 saturated heterocycles. The number of rotatable bonds is 2. The minimum Gasteiger partial charge on any atom is -0.463 e. The van der Waals surface area contributed by atoms with Crippen LogP contribution in [0.2, 0.25) is 0 Å². The first-order valence-corrected chi connectivity index (χ1v) is 4.58. The largest absolute Gasteiger partial charge is 0.463 e. The van der Waals surface area contributed by atoms with Crippen LogP contribution in [-0.2, 0) is 14.3 Å². The predicted octanol–water partition coefficient (Wildman–Crippen LogP) is 1.92. The van der Waals surface area contributed by atoms with Crippen LogP contribution in [0.5, 0.6) is 0 Å². The third-order valence-electron chi connectivity index (χ3n) is 1.45. The maximum atomic E-state index is 10.4. The highest BCUT2D eigenvalue weighted by molar-refractivity contribution is 5.86. The van der Waals surface area contributed by atoms with Crippen molar-refractivity contribution in [3.8, 4) is 0 Å². The number of hydrogen-bond donors (Lipinski definition) is 0. The fourth-order valence-corrected chi connectivity index (χ4v) is 0.765. The first kappa shape index (κ1) is 12.2. The van der Waals surface area contributed by atoms with Gasteiger partial charge in [-0.15, -0.1) is 0 Å². The van der Waals surface area contributed by atoms with Gasteiger partial charge >= 0.3 is 5.97 Å². The van der Waals surface area contributed by atoms with Gasteiger partial charge in [-0.3, -0.25) is 0 Å². The zero-order chi connectivity index (χ0) is 10.1. The van der Waals surface area contributed by atoms with Gasteiger partial charge in [0.15, 0.2) is 0 Å². The normalized spacial score (nSPS) is 14.3. The van der Waals surface area contributed by atoms with Crippen LogP contribution in [0.15, 0.2) is 12.2 Å². The van der Waals surface area contributed by atoms with Gasteiger partial charge in [-0.2, -0.15) is 0 Å². The number of carbonyl (C=O) groups is 1. The first-order chi connectivity index (χ1) is 6.18. The fourth-order valence-electron chi connectivity index (χ4n) is 0.765. The lowest BCUT2D eigenvalue weighted by Gasteiger charge is -1.96. The molecule has 1 heterocycles. The van der Waals surface area contributed by atoms with Gasteiger partial charge in [0, 0.05) is 18.8 Å². The zero-order valence-corrected chi connectivity index (χ0v) is 8.47. The molecule has 13 heavy (non-hydrogen) atoms. The second kappa shape index (κ2) is 7.80. The predicted molar refractivity (Wildman–Crippen MR) is 51.5 cm³/mol. The van der Waals surface area contributed by atoms with Crippen molar-refractivity contribution < 1.29 is 14.3 Å². The Labute approximate surface area is 79.7 Å². The van der Waals surface area contributed by atoms with Crippen molar-refractivity contribution in [2.24, 2.45) is 0 Å². The molecule has 0 aromatic heterocycles. The molecule has 0 aliphatic carbocycles. The van der Waals surface area contributed by atoms with E-state index in [4.69, 9.17) is 4.74 Å². The lowest BCUT2D eigenvalue weighted by Crippen LogP contribution is -2.03. The lowest BCUT2D eigenvalue weighted by atomic mass is 10.4. The Kier molecular flexibility index (Phi) is 7.30. The van der Waals surface area contributed by atoms with E-state index in [9.17, 15) is 4.79 Å².